The summed E-state index contributed by atoms with van der Waals surface area (Å²) in [6, 6.07) is 7.47. The SMILES string of the molecule is O=C(NCCC1CCCCC1)NCc1ccccc1CO. The maximum absolute atomic E-state index is 11.8. The Labute approximate surface area is 126 Å². The molecular weight excluding hydrogens is 264 g/mol. The van der Waals surface area contributed by atoms with Crippen LogP contribution in [0.4, 0.5) is 4.79 Å². The minimum Gasteiger partial charge on any atom is -0.392 e. The topological polar surface area (TPSA) is 61.4 Å². The fourth-order valence-corrected chi connectivity index (χ4v) is 2.99. The number of hydrogen-bond donors (Lipinski definition) is 3. The number of hydrogen-bond acceptors (Lipinski definition) is 2. The van der Waals surface area contributed by atoms with Crippen molar-refractivity contribution in [1.82, 2.24) is 10.6 Å². The zero-order chi connectivity index (χ0) is 14.9. The molecule has 116 valence electrons. The van der Waals surface area contributed by atoms with Gasteiger partial charge in [0.15, 0.2) is 0 Å². The third kappa shape index (κ3) is 5.38. The van der Waals surface area contributed by atoms with Gasteiger partial charge in [0.2, 0.25) is 0 Å². The van der Waals surface area contributed by atoms with E-state index in [0.717, 1.165) is 30.0 Å². The molecule has 2 amide bonds. The molecule has 1 aliphatic rings. The van der Waals surface area contributed by atoms with Gasteiger partial charge in [-0.3, -0.25) is 0 Å². The number of aliphatic hydroxyl groups is 1. The Bertz CT molecular complexity index is 442. The Kier molecular flexibility index (Phi) is 6.54. The monoisotopic (exact) mass is 290 g/mol. The van der Waals surface area contributed by atoms with E-state index in [0.29, 0.717) is 6.54 Å². The number of carbonyl (C=O) groups excluding carboxylic acids is 1. The highest BCUT2D eigenvalue weighted by Gasteiger charge is 2.13. The molecule has 0 bridgehead atoms. The van der Waals surface area contributed by atoms with Gasteiger partial charge in [-0.1, -0.05) is 56.4 Å². The molecule has 2 rings (SSSR count). The molecule has 1 aliphatic carbocycles. The zero-order valence-corrected chi connectivity index (χ0v) is 12.6. The molecule has 0 heterocycles. The molecule has 3 N–H and O–H groups in total. The molecule has 1 aromatic rings. The maximum atomic E-state index is 11.8. The predicted octanol–water partition coefficient (Wildman–Crippen LogP) is 2.95. The average molecular weight is 290 g/mol. The van der Waals surface area contributed by atoms with Gasteiger partial charge >= 0.3 is 6.03 Å². The zero-order valence-electron chi connectivity index (χ0n) is 12.6. The number of nitrogens with one attached hydrogen (secondary N) is 2. The summed E-state index contributed by atoms with van der Waals surface area (Å²) in [5, 5.41) is 15.0. The lowest BCUT2D eigenvalue weighted by atomic mass is 9.87. The summed E-state index contributed by atoms with van der Waals surface area (Å²) < 4.78 is 0. The number of benzene rings is 1. The lowest BCUT2D eigenvalue weighted by molar-refractivity contribution is 0.238. The predicted molar refractivity (Wildman–Crippen MR) is 83.8 cm³/mol. The Hall–Kier alpha value is -1.55. The van der Waals surface area contributed by atoms with Crippen LogP contribution >= 0.6 is 0 Å². The number of aliphatic hydroxyl groups excluding tert-OH is 1. The van der Waals surface area contributed by atoms with E-state index < -0.39 is 0 Å². The summed E-state index contributed by atoms with van der Waals surface area (Å²) in [5.74, 6) is 0.786. The molecule has 1 fully saturated rings. The van der Waals surface area contributed by atoms with Crippen LogP contribution in [0.3, 0.4) is 0 Å². The first-order valence-electron chi connectivity index (χ1n) is 7.99. The van der Waals surface area contributed by atoms with Crippen LogP contribution in [0.1, 0.15) is 49.7 Å². The fraction of sp³-hybridized carbons (Fsp3) is 0.588. The first-order chi connectivity index (χ1) is 10.3. The van der Waals surface area contributed by atoms with Crippen LogP contribution in [-0.4, -0.2) is 17.7 Å². The Morgan fingerprint density at radius 2 is 1.81 bits per heavy atom. The van der Waals surface area contributed by atoms with Crippen LogP contribution in [0, 0.1) is 5.92 Å². The Morgan fingerprint density at radius 1 is 1.10 bits per heavy atom. The molecule has 0 saturated heterocycles. The number of urea groups is 1. The quantitative estimate of drug-likeness (QED) is 0.754. The molecule has 1 aromatic carbocycles. The molecule has 0 unspecified atom stereocenters. The van der Waals surface area contributed by atoms with Crippen LogP contribution in [0.2, 0.25) is 0 Å². The first kappa shape index (κ1) is 15.8. The van der Waals surface area contributed by atoms with Gasteiger partial charge in [0.1, 0.15) is 0 Å². The third-order valence-corrected chi connectivity index (χ3v) is 4.29. The van der Waals surface area contributed by atoms with Crippen molar-refractivity contribution in [2.24, 2.45) is 5.92 Å². The highest BCUT2D eigenvalue weighted by Crippen LogP contribution is 2.25. The Morgan fingerprint density at radius 3 is 2.52 bits per heavy atom. The molecular formula is C17H26N2O2. The molecule has 4 heteroatoms. The second-order valence-corrected chi connectivity index (χ2v) is 5.83. The van der Waals surface area contributed by atoms with Crippen molar-refractivity contribution < 1.29 is 9.90 Å². The van der Waals surface area contributed by atoms with Crippen LogP contribution in [0.25, 0.3) is 0 Å². The van der Waals surface area contributed by atoms with Gasteiger partial charge in [0.25, 0.3) is 0 Å². The minimum atomic E-state index is -0.126. The van der Waals surface area contributed by atoms with Crippen LogP contribution in [-0.2, 0) is 13.2 Å². The van der Waals surface area contributed by atoms with Gasteiger partial charge < -0.3 is 15.7 Å². The van der Waals surface area contributed by atoms with Gasteiger partial charge in [-0.25, -0.2) is 4.79 Å². The number of carbonyl (C=O) groups is 1. The normalized spacial score (nSPS) is 15.7. The molecule has 0 aliphatic heterocycles. The Balaban J connectivity index is 1.65. The van der Waals surface area contributed by atoms with Crippen molar-refractivity contribution in [3.63, 3.8) is 0 Å². The molecule has 21 heavy (non-hydrogen) atoms. The lowest BCUT2D eigenvalue weighted by Crippen LogP contribution is -2.36. The van der Waals surface area contributed by atoms with Crippen LogP contribution in [0.5, 0.6) is 0 Å². The highest BCUT2D eigenvalue weighted by molar-refractivity contribution is 5.73. The van der Waals surface area contributed by atoms with E-state index in [-0.39, 0.29) is 12.6 Å². The van der Waals surface area contributed by atoms with Gasteiger partial charge in [-0.05, 0) is 23.5 Å². The van der Waals surface area contributed by atoms with Gasteiger partial charge in [-0.15, -0.1) is 0 Å². The smallest absolute Gasteiger partial charge is 0.315 e. The van der Waals surface area contributed by atoms with Gasteiger partial charge in [0.05, 0.1) is 6.61 Å². The van der Waals surface area contributed by atoms with E-state index in [4.69, 9.17) is 0 Å². The van der Waals surface area contributed by atoms with Crippen molar-refractivity contribution in [3.05, 3.63) is 35.4 Å². The molecule has 0 aromatic heterocycles. The van der Waals surface area contributed by atoms with Crippen molar-refractivity contribution >= 4 is 6.03 Å². The molecule has 0 radical (unpaired) electrons. The highest BCUT2D eigenvalue weighted by atomic mass is 16.3. The summed E-state index contributed by atoms with van der Waals surface area (Å²) in [7, 11) is 0. The van der Waals surface area contributed by atoms with E-state index >= 15 is 0 Å². The summed E-state index contributed by atoms with van der Waals surface area (Å²) in [4.78, 5) is 11.8. The van der Waals surface area contributed by atoms with E-state index in [1.165, 1.54) is 32.1 Å². The van der Waals surface area contributed by atoms with E-state index in [9.17, 15) is 9.90 Å². The van der Waals surface area contributed by atoms with E-state index in [1.54, 1.807) is 0 Å². The van der Waals surface area contributed by atoms with Crippen molar-refractivity contribution in [2.75, 3.05) is 6.54 Å². The van der Waals surface area contributed by atoms with Crippen molar-refractivity contribution in [3.8, 4) is 0 Å². The molecule has 1 saturated carbocycles. The van der Waals surface area contributed by atoms with Crippen molar-refractivity contribution in [2.45, 2.75) is 51.7 Å². The van der Waals surface area contributed by atoms with E-state index in [1.807, 2.05) is 24.3 Å². The average Bonchev–Trinajstić information content (AvgIpc) is 2.54. The van der Waals surface area contributed by atoms with Crippen LogP contribution < -0.4 is 10.6 Å². The van der Waals surface area contributed by atoms with Crippen LogP contribution in [0.15, 0.2) is 24.3 Å². The second-order valence-electron chi connectivity index (χ2n) is 5.83. The lowest BCUT2D eigenvalue weighted by Gasteiger charge is -2.21. The summed E-state index contributed by atoms with van der Waals surface area (Å²) >= 11 is 0. The fourth-order valence-electron chi connectivity index (χ4n) is 2.99. The summed E-state index contributed by atoms with van der Waals surface area (Å²) in [6.07, 6.45) is 7.76. The third-order valence-electron chi connectivity index (χ3n) is 4.29. The number of rotatable bonds is 6. The summed E-state index contributed by atoms with van der Waals surface area (Å²) in [5.41, 5.74) is 1.82. The second kappa shape index (κ2) is 8.67. The first-order valence-corrected chi connectivity index (χ1v) is 7.99. The number of amides is 2. The molecule has 0 spiro atoms. The van der Waals surface area contributed by atoms with Gasteiger partial charge in [-0.2, -0.15) is 0 Å². The summed E-state index contributed by atoms with van der Waals surface area (Å²) in [6.45, 7) is 1.20. The van der Waals surface area contributed by atoms with E-state index in [2.05, 4.69) is 10.6 Å². The largest absolute Gasteiger partial charge is 0.392 e. The maximum Gasteiger partial charge on any atom is 0.315 e. The molecule has 4 nitrogen and oxygen atoms in total. The standard InChI is InChI=1S/C17H26N2O2/c20-13-16-9-5-4-8-15(16)12-19-17(21)18-11-10-14-6-2-1-3-7-14/h4-5,8-9,14,20H,1-3,6-7,10-13H2,(H2,18,19,21). The van der Waals surface area contributed by atoms with Gasteiger partial charge in [0, 0.05) is 13.1 Å². The molecule has 0 atom stereocenters. The minimum absolute atomic E-state index is 0.00114. The van der Waals surface area contributed by atoms with Crippen molar-refractivity contribution in [1.29, 1.82) is 0 Å².